The van der Waals surface area contributed by atoms with Gasteiger partial charge in [0.15, 0.2) is 0 Å². The van der Waals surface area contributed by atoms with Crippen LogP contribution in [0.15, 0.2) is 18.3 Å². The molecular weight excluding hydrogens is 342 g/mol. The molecule has 148 valence electrons. The van der Waals surface area contributed by atoms with Crippen molar-refractivity contribution in [3.05, 3.63) is 23.9 Å². The molecule has 1 atom stereocenters. The van der Waals surface area contributed by atoms with Crippen LogP contribution in [0.3, 0.4) is 0 Å². The Hall–Kier alpha value is -2.15. The zero-order chi connectivity index (χ0) is 19.2. The molecule has 1 aromatic rings. The summed E-state index contributed by atoms with van der Waals surface area (Å²) in [5, 5.41) is 3.05. The number of nitrogens with one attached hydrogen (secondary N) is 1. The first-order chi connectivity index (χ1) is 13.1. The van der Waals surface area contributed by atoms with E-state index in [1.807, 2.05) is 24.1 Å². The van der Waals surface area contributed by atoms with Crippen LogP contribution in [0.2, 0.25) is 0 Å². The van der Waals surface area contributed by atoms with Gasteiger partial charge in [0.1, 0.15) is 5.82 Å². The number of amides is 2. The van der Waals surface area contributed by atoms with E-state index in [0.29, 0.717) is 19.5 Å². The van der Waals surface area contributed by atoms with Gasteiger partial charge in [-0.1, -0.05) is 6.92 Å². The van der Waals surface area contributed by atoms with E-state index in [2.05, 4.69) is 33.2 Å². The first kappa shape index (κ1) is 19.6. The largest absolute Gasteiger partial charge is 0.354 e. The van der Waals surface area contributed by atoms with Crippen molar-refractivity contribution in [3.8, 4) is 0 Å². The molecule has 2 saturated heterocycles. The molecule has 3 rings (SSSR count). The molecule has 0 aromatic carbocycles. The third kappa shape index (κ3) is 5.19. The van der Waals surface area contributed by atoms with Gasteiger partial charge >= 0.3 is 0 Å². The SMILES string of the molecule is CCC(=O)N1CCCC(C(=O)NCc2ccnc(N3CCN(C)CC3)c2)C1. The minimum absolute atomic E-state index is 0.0431. The van der Waals surface area contributed by atoms with Gasteiger partial charge in [0.2, 0.25) is 11.8 Å². The van der Waals surface area contributed by atoms with Gasteiger partial charge in [0, 0.05) is 58.4 Å². The van der Waals surface area contributed by atoms with Crippen LogP contribution >= 0.6 is 0 Å². The third-order valence-corrected chi connectivity index (χ3v) is 5.55. The van der Waals surface area contributed by atoms with Crippen LogP contribution in [0.1, 0.15) is 31.7 Å². The average Bonchev–Trinajstić information content (AvgIpc) is 2.72. The lowest BCUT2D eigenvalue weighted by atomic mass is 9.97. The highest BCUT2D eigenvalue weighted by Crippen LogP contribution is 2.18. The van der Waals surface area contributed by atoms with Gasteiger partial charge < -0.3 is 20.0 Å². The summed E-state index contributed by atoms with van der Waals surface area (Å²) in [5.74, 6) is 1.06. The fraction of sp³-hybridized carbons (Fsp3) is 0.650. The molecule has 7 nitrogen and oxygen atoms in total. The van der Waals surface area contributed by atoms with Crippen LogP contribution in [0.5, 0.6) is 0 Å². The van der Waals surface area contributed by atoms with E-state index in [-0.39, 0.29) is 17.7 Å². The monoisotopic (exact) mass is 373 g/mol. The van der Waals surface area contributed by atoms with Crippen molar-refractivity contribution in [1.29, 1.82) is 0 Å². The first-order valence-electron chi connectivity index (χ1n) is 10.0. The summed E-state index contributed by atoms with van der Waals surface area (Å²) >= 11 is 0. The lowest BCUT2D eigenvalue weighted by Crippen LogP contribution is -2.45. The van der Waals surface area contributed by atoms with Gasteiger partial charge in [-0.05, 0) is 37.6 Å². The maximum Gasteiger partial charge on any atom is 0.225 e. The van der Waals surface area contributed by atoms with E-state index in [4.69, 9.17) is 0 Å². The Balaban J connectivity index is 1.53. The van der Waals surface area contributed by atoms with E-state index < -0.39 is 0 Å². The van der Waals surface area contributed by atoms with Crippen molar-refractivity contribution in [1.82, 2.24) is 20.1 Å². The van der Waals surface area contributed by atoms with Gasteiger partial charge in [-0.2, -0.15) is 0 Å². The third-order valence-electron chi connectivity index (χ3n) is 5.55. The topological polar surface area (TPSA) is 68.8 Å². The predicted octanol–water partition coefficient (Wildman–Crippen LogP) is 1.10. The maximum atomic E-state index is 12.6. The van der Waals surface area contributed by atoms with Crippen LogP contribution in [-0.4, -0.2) is 72.9 Å². The number of hydrogen-bond acceptors (Lipinski definition) is 5. The molecule has 1 aromatic heterocycles. The van der Waals surface area contributed by atoms with Crippen LogP contribution in [-0.2, 0) is 16.1 Å². The second-order valence-electron chi connectivity index (χ2n) is 7.56. The van der Waals surface area contributed by atoms with E-state index >= 15 is 0 Å². The van der Waals surface area contributed by atoms with Crippen LogP contribution < -0.4 is 10.2 Å². The standard InChI is InChI=1S/C20H31N5O2/c1-3-19(26)25-8-4-5-17(15-25)20(27)22-14-16-6-7-21-18(13-16)24-11-9-23(2)10-12-24/h6-7,13,17H,3-5,8-12,14-15H2,1-2H3,(H,22,27). The molecule has 7 heteroatoms. The molecule has 0 saturated carbocycles. The van der Waals surface area contributed by atoms with E-state index in [0.717, 1.165) is 56.9 Å². The molecule has 2 fully saturated rings. The highest BCUT2D eigenvalue weighted by molar-refractivity contribution is 5.81. The first-order valence-corrected chi connectivity index (χ1v) is 10.0. The second-order valence-corrected chi connectivity index (χ2v) is 7.56. The molecule has 3 heterocycles. The number of carbonyl (C=O) groups excluding carboxylic acids is 2. The predicted molar refractivity (Wildman–Crippen MR) is 105 cm³/mol. The van der Waals surface area contributed by atoms with Crippen LogP contribution in [0, 0.1) is 5.92 Å². The Morgan fingerprint density at radius 3 is 2.74 bits per heavy atom. The smallest absolute Gasteiger partial charge is 0.225 e. The molecule has 1 N–H and O–H groups in total. The number of rotatable bonds is 5. The number of likely N-dealkylation sites (N-methyl/N-ethyl adjacent to an activating group) is 1. The van der Waals surface area contributed by atoms with Gasteiger partial charge in [0.25, 0.3) is 0 Å². The summed E-state index contributed by atoms with van der Waals surface area (Å²) in [6, 6.07) is 4.02. The van der Waals surface area contributed by atoms with Crippen molar-refractivity contribution in [2.75, 3.05) is 51.2 Å². The van der Waals surface area contributed by atoms with Gasteiger partial charge in [-0.3, -0.25) is 9.59 Å². The Bertz CT molecular complexity index is 658. The van der Waals surface area contributed by atoms with Crippen molar-refractivity contribution in [2.45, 2.75) is 32.7 Å². The number of carbonyl (C=O) groups is 2. The van der Waals surface area contributed by atoms with Crippen molar-refractivity contribution >= 4 is 17.6 Å². The Kier molecular flexibility index (Phi) is 6.66. The van der Waals surface area contributed by atoms with E-state index in [9.17, 15) is 9.59 Å². The maximum absolute atomic E-state index is 12.6. The molecular formula is C20H31N5O2. The molecule has 2 amide bonds. The number of anilines is 1. The number of pyridine rings is 1. The lowest BCUT2D eigenvalue weighted by Gasteiger charge is -2.33. The number of piperazine rings is 1. The summed E-state index contributed by atoms with van der Waals surface area (Å²) in [6.45, 7) is 7.71. The zero-order valence-electron chi connectivity index (χ0n) is 16.5. The molecule has 0 spiro atoms. The molecule has 0 aliphatic carbocycles. The molecule has 27 heavy (non-hydrogen) atoms. The Morgan fingerprint density at radius 1 is 1.22 bits per heavy atom. The fourth-order valence-corrected chi connectivity index (χ4v) is 3.75. The highest BCUT2D eigenvalue weighted by atomic mass is 16.2. The molecule has 2 aliphatic rings. The minimum Gasteiger partial charge on any atom is -0.354 e. The van der Waals surface area contributed by atoms with Crippen molar-refractivity contribution in [2.24, 2.45) is 5.92 Å². The van der Waals surface area contributed by atoms with E-state index in [1.165, 1.54) is 0 Å². The summed E-state index contributed by atoms with van der Waals surface area (Å²) in [6.07, 6.45) is 4.06. The zero-order valence-corrected chi connectivity index (χ0v) is 16.5. The summed E-state index contributed by atoms with van der Waals surface area (Å²) in [7, 11) is 2.14. The number of nitrogens with zero attached hydrogens (tertiary/aromatic N) is 4. The van der Waals surface area contributed by atoms with Gasteiger partial charge in [-0.25, -0.2) is 4.98 Å². The highest BCUT2D eigenvalue weighted by Gasteiger charge is 2.27. The molecule has 0 radical (unpaired) electrons. The number of piperidine rings is 1. The lowest BCUT2D eigenvalue weighted by molar-refractivity contribution is -0.135. The quantitative estimate of drug-likeness (QED) is 0.837. The van der Waals surface area contributed by atoms with Gasteiger partial charge in [0.05, 0.1) is 5.92 Å². The number of likely N-dealkylation sites (tertiary alicyclic amines) is 1. The van der Waals surface area contributed by atoms with E-state index in [1.54, 1.807) is 0 Å². The van der Waals surface area contributed by atoms with Crippen molar-refractivity contribution in [3.63, 3.8) is 0 Å². The second kappa shape index (κ2) is 9.17. The molecule has 0 bridgehead atoms. The Morgan fingerprint density at radius 2 is 2.00 bits per heavy atom. The molecule has 2 aliphatic heterocycles. The normalized spacial score (nSPS) is 21.2. The number of hydrogen-bond donors (Lipinski definition) is 1. The van der Waals surface area contributed by atoms with Gasteiger partial charge in [-0.15, -0.1) is 0 Å². The van der Waals surface area contributed by atoms with Crippen LogP contribution in [0.4, 0.5) is 5.82 Å². The minimum atomic E-state index is -0.104. The van der Waals surface area contributed by atoms with Crippen LogP contribution in [0.25, 0.3) is 0 Å². The average molecular weight is 374 g/mol. The summed E-state index contributed by atoms with van der Waals surface area (Å²) in [4.78, 5) is 35.4. The van der Waals surface area contributed by atoms with Crippen molar-refractivity contribution < 1.29 is 9.59 Å². The fourth-order valence-electron chi connectivity index (χ4n) is 3.75. The summed E-state index contributed by atoms with van der Waals surface area (Å²) < 4.78 is 0. The Labute approximate surface area is 161 Å². The number of aromatic nitrogens is 1. The summed E-state index contributed by atoms with van der Waals surface area (Å²) in [5.41, 5.74) is 1.06. The molecule has 1 unspecified atom stereocenters.